The van der Waals surface area contributed by atoms with E-state index in [0.717, 1.165) is 21.2 Å². The predicted octanol–water partition coefficient (Wildman–Crippen LogP) is 3.47. The van der Waals surface area contributed by atoms with Gasteiger partial charge in [-0.05, 0) is 36.4 Å². The lowest BCUT2D eigenvalue weighted by atomic mass is 10.2. The van der Waals surface area contributed by atoms with E-state index in [1.54, 1.807) is 30.1 Å². The summed E-state index contributed by atoms with van der Waals surface area (Å²) in [6.07, 6.45) is 1.90. The van der Waals surface area contributed by atoms with Crippen molar-refractivity contribution in [3.05, 3.63) is 72.6 Å². The highest BCUT2D eigenvalue weighted by molar-refractivity contribution is 7.99. The standard InChI is InChI=1S/C20H18N4O2S/c25-19(22-23-20(26)14-6-5-12-21-14)11-13-24-15-7-1-3-9-17(15)27-18-10-4-2-8-16(18)24/h1-10,12,21H,11,13H2,(H,22,25)(H,23,26). The topological polar surface area (TPSA) is 77.2 Å². The summed E-state index contributed by atoms with van der Waals surface area (Å²) in [6, 6.07) is 19.7. The Kier molecular flexibility index (Phi) is 4.84. The molecule has 7 heteroatoms. The Morgan fingerprint density at radius 3 is 2.19 bits per heavy atom. The number of para-hydroxylation sites is 2. The van der Waals surface area contributed by atoms with Crippen LogP contribution in [-0.2, 0) is 4.79 Å². The molecular weight excluding hydrogens is 360 g/mol. The number of H-pyrrole nitrogens is 1. The van der Waals surface area contributed by atoms with Crippen molar-refractivity contribution < 1.29 is 9.59 Å². The number of aromatic amines is 1. The van der Waals surface area contributed by atoms with Crippen LogP contribution in [0.2, 0.25) is 0 Å². The van der Waals surface area contributed by atoms with Gasteiger partial charge in [0.05, 0.1) is 11.4 Å². The zero-order valence-corrected chi connectivity index (χ0v) is 15.3. The van der Waals surface area contributed by atoms with Crippen molar-refractivity contribution >= 4 is 35.0 Å². The van der Waals surface area contributed by atoms with Gasteiger partial charge < -0.3 is 9.88 Å². The van der Waals surface area contributed by atoms with E-state index in [1.165, 1.54) is 0 Å². The first-order chi connectivity index (χ1) is 13.2. The first-order valence-corrected chi connectivity index (χ1v) is 9.40. The van der Waals surface area contributed by atoms with E-state index in [-0.39, 0.29) is 18.2 Å². The summed E-state index contributed by atoms with van der Waals surface area (Å²) in [5.74, 6) is -0.624. The normalized spacial score (nSPS) is 12.1. The molecule has 0 atom stereocenters. The van der Waals surface area contributed by atoms with E-state index in [0.29, 0.717) is 12.2 Å². The van der Waals surface area contributed by atoms with Crippen LogP contribution in [0.15, 0.2) is 76.7 Å². The van der Waals surface area contributed by atoms with Crippen molar-refractivity contribution in [2.75, 3.05) is 11.4 Å². The lowest BCUT2D eigenvalue weighted by Gasteiger charge is -2.32. The molecule has 2 heterocycles. The number of anilines is 2. The van der Waals surface area contributed by atoms with Crippen LogP contribution in [0.5, 0.6) is 0 Å². The van der Waals surface area contributed by atoms with E-state index in [1.807, 2.05) is 24.3 Å². The third-order valence-electron chi connectivity index (χ3n) is 4.25. The quantitative estimate of drug-likeness (QED) is 0.608. The van der Waals surface area contributed by atoms with Crippen molar-refractivity contribution in [3.8, 4) is 0 Å². The maximum atomic E-state index is 12.2. The molecule has 3 aromatic rings. The van der Waals surface area contributed by atoms with Crippen LogP contribution in [-0.4, -0.2) is 23.3 Å². The second-order valence-corrected chi connectivity index (χ2v) is 7.11. The highest BCUT2D eigenvalue weighted by Crippen LogP contribution is 2.47. The number of rotatable bonds is 4. The second-order valence-electron chi connectivity index (χ2n) is 6.03. The maximum absolute atomic E-state index is 12.2. The first kappa shape index (κ1) is 17.2. The number of nitrogens with one attached hydrogen (secondary N) is 3. The SMILES string of the molecule is O=C(CCN1c2ccccc2Sc2ccccc21)NNC(=O)c1ccc[nH]1. The van der Waals surface area contributed by atoms with Crippen LogP contribution in [0.4, 0.5) is 11.4 Å². The molecule has 1 aliphatic rings. The van der Waals surface area contributed by atoms with Gasteiger partial charge in [-0.3, -0.25) is 20.4 Å². The fourth-order valence-electron chi connectivity index (χ4n) is 2.96. The molecule has 6 nitrogen and oxygen atoms in total. The van der Waals surface area contributed by atoms with Crippen molar-refractivity contribution in [1.29, 1.82) is 0 Å². The molecule has 0 bridgehead atoms. The molecule has 1 aliphatic heterocycles. The first-order valence-electron chi connectivity index (χ1n) is 8.58. The molecule has 3 N–H and O–H groups in total. The zero-order chi connectivity index (χ0) is 18.6. The van der Waals surface area contributed by atoms with Crippen LogP contribution < -0.4 is 15.8 Å². The number of fused-ring (bicyclic) bond motifs is 2. The lowest BCUT2D eigenvalue weighted by molar-refractivity contribution is -0.121. The second kappa shape index (κ2) is 7.59. The summed E-state index contributed by atoms with van der Waals surface area (Å²) in [5.41, 5.74) is 7.46. The Bertz CT molecular complexity index is 926. The minimum absolute atomic E-state index is 0.247. The molecule has 1 aromatic heterocycles. The number of carbonyl (C=O) groups is 2. The highest BCUT2D eigenvalue weighted by Gasteiger charge is 2.23. The Balaban J connectivity index is 1.42. The third-order valence-corrected chi connectivity index (χ3v) is 5.38. The average Bonchev–Trinajstić information content (AvgIpc) is 3.24. The molecule has 0 unspecified atom stereocenters. The molecule has 0 spiro atoms. The molecule has 2 amide bonds. The molecule has 0 saturated carbocycles. The number of aromatic nitrogens is 1. The van der Waals surface area contributed by atoms with Crippen molar-refractivity contribution in [1.82, 2.24) is 15.8 Å². The minimum atomic E-state index is -0.376. The number of amides is 2. The Morgan fingerprint density at radius 2 is 1.56 bits per heavy atom. The summed E-state index contributed by atoms with van der Waals surface area (Å²) in [5, 5.41) is 0. The van der Waals surface area contributed by atoms with Crippen molar-refractivity contribution in [3.63, 3.8) is 0 Å². The van der Waals surface area contributed by atoms with Crippen LogP contribution in [0.3, 0.4) is 0 Å². The zero-order valence-electron chi connectivity index (χ0n) is 14.4. The summed E-state index contributed by atoms with van der Waals surface area (Å²) < 4.78 is 0. The number of hydrazine groups is 1. The van der Waals surface area contributed by atoms with Gasteiger partial charge in [-0.1, -0.05) is 36.0 Å². The number of carbonyl (C=O) groups excluding carboxylic acids is 2. The fraction of sp³-hybridized carbons (Fsp3) is 0.100. The Hall–Kier alpha value is -3.19. The number of benzene rings is 2. The van der Waals surface area contributed by atoms with Gasteiger partial charge in [0, 0.05) is 29.0 Å². The van der Waals surface area contributed by atoms with E-state index in [4.69, 9.17) is 0 Å². The molecule has 4 rings (SSSR count). The van der Waals surface area contributed by atoms with Gasteiger partial charge in [0.25, 0.3) is 5.91 Å². The molecule has 0 fully saturated rings. The molecule has 2 aromatic carbocycles. The van der Waals surface area contributed by atoms with Gasteiger partial charge in [-0.15, -0.1) is 0 Å². The third kappa shape index (κ3) is 3.68. The van der Waals surface area contributed by atoms with Crippen LogP contribution in [0.25, 0.3) is 0 Å². The van der Waals surface area contributed by atoms with E-state index < -0.39 is 0 Å². The van der Waals surface area contributed by atoms with Gasteiger partial charge in [0.1, 0.15) is 5.69 Å². The molecule has 0 saturated heterocycles. The van der Waals surface area contributed by atoms with Gasteiger partial charge >= 0.3 is 0 Å². The molecule has 0 aliphatic carbocycles. The summed E-state index contributed by atoms with van der Waals surface area (Å²) in [6.45, 7) is 0.513. The van der Waals surface area contributed by atoms with Gasteiger partial charge in [0.2, 0.25) is 5.91 Å². The number of hydrogen-bond donors (Lipinski definition) is 3. The average molecular weight is 378 g/mol. The van der Waals surface area contributed by atoms with Crippen LogP contribution in [0, 0.1) is 0 Å². The fourth-order valence-corrected chi connectivity index (χ4v) is 4.06. The summed E-state index contributed by atoms with van der Waals surface area (Å²) >= 11 is 1.73. The van der Waals surface area contributed by atoms with E-state index >= 15 is 0 Å². The van der Waals surface area contributed by atoms with E-state index in [9.17, 15) is 9.59 Å². The van der Waals surface area contributed by atoms with Crippen molar-refractivity contribution in [2.45, 2.75) is 16.2 Å². The smallest absolute Gasteiger partial charge is 0.286 e. The summed E-state index contributed by atoms with van der Waals surface area (Å²) in [7, 11) is 0. The lowest BCUT2D eigenvalue weighted by Crippen LogP contribution is -2.42. The maximum Gasteiger partial charge on any atom is 0.286 e. The minimum Gasteiger partial charge on any atom is -0.357 e. The number of hydrogen-bond acceptors (Lipinski definition) is 4. The summed E-state index contributed by atoms with van der Waals surface area (Å²) in [4.78, 5) is 31.4. The van der Waals surface area contributed by atoms with Crippen LogP contribution in [0.1, 0.15) is 16.9 Å². The molecule has 27 heavy (non-hydrogen) atoms. The van der Waals surface area contributed by atoms with Crippen molar-refractivity contribution in [2.24, 2.45) is 0 Å². The highest BCUT2D eigenvalue weighted by atomic mass is 32.2. The molecule has 136 valence electrons. The largest absolute Gasteiger partial charge is 0.357 e. The van der Waals surface area contributed by atoms with Gasteiger partial charge in [-0.2, -0.15) is 0 Å². The monoisotopic (exact) mass is 378 g/mol. The number of nitrogens with zero attached hydrogens (tertiary/aromatic N) is 1. The van der Waals surface area contributed by atoms with Crippen LogP contribution >= 0.6 is 11.8 Å². The van der Waals surface area contributed by atoms with Gasteiger partial charge in [0.15, 0.2) is 0 Å². The Labute approximate surface area is 160 Å². The molecular formula is C20H18N4O2S. The van der Waals surface area contributed by atoms with Gasteiger partial charge in [-0.25, -0.2) is 0 Å². The Morgan fingerprint density at radius 1 is 0.889 bits per heavy atom. The van der Waals surface area contributed by atoms with E-state index in [2.05, 4.69) is 45.0 Å². The molecule has 0 radical (unpaired) electrons. The predicted molar refractivity (Wildman–Crippen MR) is 105 cm³/mol.